The molecule has 0 unspecified atom stereocenters. The average Bonchev–Trinajstić information content (AvgIpc) is 2.46. The van der Waals surface area contributed by atoms with Crippen molar-refractivity contribution in [2.45, 2.75) is 13.0 Å². The first-order valence-electron chi connectivity index (χ1n) is 6.31. The van der Waals surface area contributed by atoms with E-state index < -0.39 is 10.7 Å². The molecule has 0 radical (unpaired) electrons. The van der Waals surface area contributed by atoms with Crippen LogP contribution in [0.2, 0.25) is 0 Å². The zero-order chi connectivity index (χ0) is 15.2. The summed E-state index contributed by atoms with van der Waals surface area (Å²) in [6.45, 7) is 0.397. The molecule has 6 nitrogen and oxygen atoms in total. The van der Waals surface area contributed by atoms with E-state index in [9.17, 15) is 14.5 Å². The highest BCUT2D eigenvalue weighted by Gasteiger charge is 2.15. The van der Waals surface area contributed by atoms with Gasteiger partial charge in [0, 0.05) is 18.2 Å². The van der Waals surface area contributed by atoms with Crippen molar-refractivity contribution in [1.82, 2.24) is 4.98 Å². The maximum Gasteiger partial charge on any atom is 0.276 e. The van der Waals surface area contributed by atoms with Crippen LogP contribution in [0, 0.1) is 15.9 Å². The second-order valence-corrected chi connectivity index (χ2v) is 4.34. The van der Waals surface area contributed by atoms with Crippen molar-refractivity contribution in [3.05, 3.63) is 63.7 Å². The van der Waals surface area contributed by atoms with Crippen LogP contribution >= 0.6 is 0 Å². The van der Waals surface area contributed by atoms with Gasteiger partial charge in [-0.15, -0.1) is 0 Å². The predicted molar refractivity (Wildman–Crippen MR) is 74.4 cm³/mol. The Morgan fingerprint density at radius 2 is 2.14 bits per heavy atom. The number of aromatic nitrogens is 1. The fourth-order valence-electron chi connectivity index (χ4n) is 1.80. The molecule has 0 amide bonds. The van der Waals surface area contributed by atoms with Crippen LogP contribution in [0.15, 0.2) is 36.5 Å². The summed E-state index contributed by atoms with van der Waals surface area (Å²) in [7, 11) is 0. The monoisotopic (exact) mass is 291 g/mol. The first kappa shape index (κ1) is 14.9. The van der Waals surface area contributed by atoms with E-state index in [-0.39, 0.29) is 17.9 Å². The molecular formula is C14H14FN3O3. The lowest BCUT2D eigenvalue weighted by Crippen LogP contribution is -2.05. The fourth-order valence-corrected chi connectivity index (χ4v) is 1.80. The molecule has 1 aromatic heterocycles. The van der Waals surface area contributed by atoms with Crippen molar-refractivity contribution < 1.29 is 14.1 Å². The van der Waals surface area contributed by atoms with Crippen molar-refractivity contribution in [3.63, 3.8) is 0 Å². The number of rotatable bonds is 6. The molecule has 21 heavy (non-hydrogen) atoms. The normalized spacial score (nSPS) is 10.4. The minimum atomic E-state index is -0.569. The molecule has 0 aliphatic heterocycles. The number of nitrogens with two attached hydrogens (primary N) is 1. The van der Waals surface area contributed by atoms with Gasteiger partial charge in [0.1, 0.15) is 18.2 Å². The molecule has 0 saturated carbocycles. The van der Waals surface area contributed by atoms with E-state index in [4.69, 9.17) is 10.5 Å². The molecule has 1 aromatic carbocycles. The number of benzene rings is 1. The molecule has 0 saturated heterocycles. The van der Waals surface area contributed by atoms with Crippen LogP contribution in [-0.2, 0) is 13.0 Å². The van der Waals surface area contributed by atoms with E-state index in [1.807, 2.05) is 0 Å². The standard InChI is InChI=1S/C14H14FN3O3/c15-11-1-4-14(18(19)20)10(7-11)9-21-13-3-2-12(5-6-16)17-8-13/h1-4,7-8H,5-6,9,16H2. The number of pyridine rings is 1. The third kappa shape index (κ3) is 3.96. The summed E-state index contributed by atoms with van der Waals surface area (Å²) in [6.07, 6.45) is 2.17. The Labute approximate surface area is 120 Å². The number of nitro groups is 1. The van der Waals surface area contributed by atoms with Gasteiger partial charge in [-0.1, -0.05) is 0 Å². The number of ether oxygens (including phenoxy) is 1. The maximum atomic E-state index is 13.2. The lowest BCUT2D eigenvalue weighted by Gasteiger charge is -2.07. The second kappa shape index (κ2) is 6.76. The molecule has 1 heterocycles. The highest BCUT2D eigenvalue weighted by atomic mass is 19.1. The van der Waals surface area contributed by atoms with Crippen LogP contribution in [-0.4, -0.2) is 16.5 Å². The Bertz CT molecular complexity index is 632. The van der Waals surface area contributed by atoms with Gasteiger partial charge < -0.3 is 10.5 Å². The van der Waals surface area contributed by atoms with E-state index in [2.05, 4.69) is 4.98 Å². The summed E-state index contributed by atoms with van der Waals surface area (Å²) in [5, 5.41) is 10.9. The van der Waals surface area contributed by atoms with E-state index >= 15 is 0 Å². The Morgan fingerprint density at radius 1 is 1.33 bits per heavy atom. The number of hydrogen-bond acceptors (Lipinski definition) is 5. The van der Waals surface area contributed by atoms with Crippen LogP contribution in [0.3, 0.4) is 0 Å². The van der Waals surface area contributed by atoms with Gasteiger partial charge in [-0.3, -0.25) is 15.1 Å². The summed E-state index contributed by atoms with van der Waals surface area (Å²) in [4.78, 5) is 14.4. The molecule has 2 aromatic rings. The van der Waals surface area contributed by atoms with Crippen LogP contribution in [0.25, 0.3) is 0 Å². The van der Waals surface area contributed by atoms with Gasteiger partial charge >= 0.3 is 0 Å². The van der Waals surface area contributed by atoms with Crippen LogP contribution < -0.4 is 10.5 Å². The summed E-state index contributed by atoms with van der Waals surface area (Å²) in [6, 6.07) is 6.72. The smallest absolute Gasteiger partial charge is 0.276 e. The quantitative estimate of drug-likeness (QED) is 0.650. The summed E-state index contributed by atoms with van der Waals surface area (Å²) in [5.74, 6) is -0.0926. The predicted octanol–water partition coefficient (Wildman–Crippen LogP) is 2.21. The summed E-state index contributed by atoms with van der Waals surface area (Å²) in [5.41, 5.74) is 6.25. The van der Waals surface area contributed by atoms with Crippen molar-refractivity contribution in [2.24, 2.45) is 5.73 Å². The van der Waals surface area contributed by atoms with E-state index in [1.165, 1.54) is 6.20 Å². The van der Waals surface area contributed by atoms with Crippen molar-refractivity contribution in [2.75, 3.05) is 6.54 Å². The third-order valence-electron chi connectivity index (χ3n) is 2.83. The molecule has 0 atom stereocenters. The Kier molecular flexibility index (Phi) is 4.78. The van der Waals surface area contributed by atoms with Crippen LogP contribution in [0.4, 0.5) is 10.1 Å². The molecule has 0 fully saturated rings. The average molecular weight is 291 g/mol. The zero-order valence-corrected chi connectivity index (χ0v) is 11.2. The number of hydrogen-bond donors (Lipinski definition) is 1. The molecule has 0 aliphatic rings. The molecule has 110 valence electrons. The topological polar surface area (TPSA) is 91.3 Å². The van der Waals surface area contributed by atoms with Crippen molar-refractivity contribution in [3.8, 4) is 5.75 Å². The van der Waals surface area contributed by atoms with E-state index in [0.717, 1.165) is 23.9 Å². The summed E-state index contributed by atoms with van der Waals surface area (Å²) < 4.78 is 18.6. The molecular weight excluding hydrogens is 277 g/mol. The van der Waals surface area contributed by atoms with Crippen molar-refractivity contribution >= 4 is 5.69 Å². The number of nitro benzene ring substituents is 1. The number of halogens is 1. The number of nitrogens with zero attached hydrogens (tertiary/aromatic N) is 2. The van der Waals surface area contributed by atoms with Gasteiger partial charge in [0.2, 0.25) is 0 Å². The Balaban J connectivity index is 2.08. The molecule has 2 N–H and O–H groups in total. The summed E-state index contributed by atoms with van der Waals surface area (Å²) >= 11 is 0. The SMILES string of the molecule is NCCc1ccc(OCc2cc(F)ccc2[N+](=O)[O-])cn1. The minimum absolute atomic E-state index is 0.105. The van der Waals surface area contributed by atoms with Crippen LogP contribution in [0.1, 0.15) is 11.3 Å². The van der Waals surface area contributed by atoms with E-state index in [0.29, 0.717) is 18.7 Å². The fraction of sp³-hybridized carbons (Fsp3) is 0.214. The maximum absolute atomic E-state index is 13.2. The van der Waals surface area contributed by atoms with Gasteiger partial charge in [0.25, 0.3) is 5.69 Å². The highest BCUT2D eigenvalue weighted by Crippen LogP contribution is 2.21. The molecule has 0 aliphatic carbocycles. The van der Waals surface area contributed by atoms with Gasteiger partial charge in [-0.05, 0) is 30.8 Å². The van der Waals surface area contributed by atoms with Gasteiger partial charge in [0.15, 0.2) is 0 Å². The lowest BCUT2D eigenvalue weighted by atomic mass is 10.2. The Hall–Kier alpha value is -2.54. The van der Waals surface area contributed by atoms with Crippen LogP contribution in [0.5, 0.6) is 5.75 Å². The molecule has 0 bridgehead atoms. The van der Waals surface area contributed by atoms with E-state index in [1.54, 1.807) is 12.1 Å². The zero-order valence-electron chi connectivity index (χ0n) is 11.2. The van der Waals surface area contributed by atoms with Gasteiger partial charge in [-0.2, -0.15) is 0 Å². The van der Waals surface area contributed by atoms with Gasteiger partial charge in [-0.25, -0.2) is 4.39 Å². The largest absolute Gasteiger partial charge is 0.487 e. The molecule has 7 heteroatoms. The first-order valence-corrected chi connectivity index (χ1v) is 6.31. The lowest BCUT2D eigenvalue weighted by molar-refractivity contribution is -0.385. The molecule has 2 rings (SSSR count). The van der Waals surface area contributed by atoms with Gasteiger partial charge in [0.05, 0.1) is 16.7 Å². The van der Waals surface area contributed by atoms with Crippen molar-refractivity contribution in [1.29, 1.82) is 0 Å². The highest BCUT2D eigenvalue weighted by molar-refractivity contribution is 5.40. The first-order chi connectivity index (χ1) is 10.1. The third-order valence-corrected chi connectivity index (χ3v) is 2.83. The minimum Gasteiger partial charge on any atom is -0.487 e. The molecule has 0 spiro atoms. The Morgan fingerprint density at radius 3 is 2.76 bits per heavy atom. The second-order valence-electron chi connectivity index (χ2n) is 4.34.